The molecular weight excluding hydrogens is 300 g/mol. The molecule has 5 nitrogen and oxygen atoms in total. The monoisotopic (exact) mass is 322 g/mol. The Morgan fingerprint density at radius 1 is 1.09 bits per heavy atom. The fraction of sp³-hybridized carbons (Fsp3) is 0.625. The van der Waals surface area contributed by atoms with Crippen LogP contribution >= 0.6 is 11.3 Å². The summed E-state index contributed by atoms with van der Waals surface area (Å²) in [7, 11) is 0. The molecule has 1 aromatic rings. The highest BCUT2D eigenvalue weighted by Crippen LogP contribution is 2.31. The van der Waals surface area contributed by atoms with Crippen LogP contribution in [0.5, 0.6) is 0 Å². The van der Waals surface area contributed by atoms with Gasteiger partial charge >= 0.3 is 0 Å². The van der Waals surface area contributed by atoms with Crippen molar-refractivity contribution in [2.45, 2.75) is 38.2 Å². The minimum atomic E-state index is -1.16. The summed E-state index contributed by atoms with van der Waals surface area (Å²) in [6, 6.07) is 3.81. The van der Waals surface area contributed by atoms with Crippen molar-refractivity contribution < 1.29 is 14.7 Å². The van der Waals surface area contributed by atoms with E-state index in [0.717, 1.165) is 22.6 Å². The van der Waals surface area contributed by atoms with Crippen molar-refractivity contribution in [2.75, 3.05) is 26.2 Å². The number of amides is 2. The van der Waals surface area contributed by atoms with E-state index in [1.165, 1.54) is 11.3 Å². The highest BCUT2D eigenvalue weighted by atomic mass is 32.1. The molecule has 6 heteroatoms. The second-order valence-electron chi connectivity index (χ2n) is 6.23. The van der Waals surface area contributed by atoms with E-state index >= 15 is 0 Å². The molecule has 0 atom stereocenters. The summed E-state index contributed by atoms with van der Waals surface area (Å²) in [6.45, 7) is 4.09. The van der Waals surface area contributed by atoms with Crippen LogP contribution in [0.15, 0.2) is 12.1 Å². The van der Waals surface area contributed by atoms with Crippen molar-refractivity contribution in [3.8, 4) is 0 Å². The number of aliphatic hydroxyl groups is 1. The molecule has 3 rings (SSSR count). The van der Waals surface area contributed by atoms with E-state index in [0.29, 0.717) is 39.0 Å². The van der Waals surface area contributed by atoms with Crippen LogP contribution in [0.4, 0.5) is 0 Å². The molecule has 2 heterocycles. The van der Waals surface area contributed by atoms with Gasteiger partial charge in [0.1, 0.15) is 5.60 Å². The molecule has 0 bridgehead atoms. The summed E-state index contributed by atoms with van der Waals surface area (Å²) >= 11 is 1.50. The number of rotatable bonds is 2. The highest BCUT2D eigenvalue weighted by Gasteiger charge is 2.42. The lowest BCUT2D eigenvalue weighted by Crippen LogP contribution is -2.55. The van der Waals surface area contributed by atoms with Crippen molar-refractivity contribution in [1.82, 2.24) is 9.80 Å². The zero-order valence-corrected chi connectivity index (χ0v) is 13.7. The normalized spacial score (nSPS) is 21.2. The fourth-order valence-electron chi connectivity index (χ4n) is 3.29. The van der Waals surface area contributed by atoms with Crippen molar-refractivity contribution >= 4 is 23.2 Å². The molecule has 2 aliphatic rings. The molecule has 22 heavy (non-hydrogen) atoms. The first kappa shape index (κ1) is 15.5. The zero-order chi connectivity index (χ0) is 15.7. The van der Waals surface area contributed by atoms with Crippen LogP contribution in [0.3, 0.4) is 0 Å². The third-order valence-corrected chi connectivity index (χ3v) is 5.62. The number of thiophene rings is 1. The molecule has 1 aliphatic heterocycles. The van der Waals surface area contributed by atoms with Crippen LogP contribution in [0, 0.1) is 6.92 Å². The summed E-state index contributed by atoms with van der Waals surface area (Å²) < 4.78 is 0. The van der Waals surface area contributed by atoms with Gasteiger partial charge in [-0.25, -0.2) is 0 Å². The predicted molar refractivity (Wildman–Crippen MR) is 85.0 cm³/mol. The Morgan fingerprint density at radius 2 is 1.68 bits per heavy atom. The first-order valence-electron chi connectivity index (χ1n) is 7.87. The molecular formula is C16H22N2O3S. The molecule has 120 valence electrons. The first-order chi connectivity index (χ1) is 10.5. The van der Waals surface area contributed by atoms with E-state index in [2.05, 4.69) is 0 Å². The van der Waals surface area contributed by atoms with Crippen molar-refractivity contribution in [3.63, 3.8) is 0 Å². The maximum absolute atomic E-state index is 12.4. The highest BCUT2D eigenvalue weighted by molar-refractivity contribution is 7.13. The van der Waals surface area contributed by atoms with Crippen LogP contribution in [-0.2, 0) is 4.79 Å². The molecule has 1 aromatic heterocycles. The second-order valence-corrected chi connectivity index (χ2v) is 7.52. The Balaban J connectivity index is 1.58. The van der Waals surface area contributed by atoms with Crippen molar-refractivity contribution in [2.24, 2.45) is 0 Å². The van der Waals surface area contributed by atoms with Gasteiger partial charge in [0.05, 0.1) is 4.88 Å². The number of aryl methyl sites for hydroxylation is 1. The number of hydrogen-bond acceptors (Lipinski definition) is 4. The van der Waals surface area contributed by atoms with Gasteiger partial charge in [0.2, 0.25) is 0 Å². The van der Waals surface area contributed by atoms with E-state index in [-0.39, 0.29) is 11.8 Å². The lowest BCUT2D eigenvalue weighted by atomic mass is 10.00. The standard InChI is InChI=1S/C16H22N2O3S/c1-12-4-5-13(22-12)14(19)17-8-10-18(11-9-17)15(20)16(21)6-2-3-7-16/h4-5,21H,2-3,6-11H2,1H3. The maximum atomic E-state index is 12.4. The predicted octanol–water partition coefficient (Wildman–Crippen LogP) is 1.65. The molecule has 1 saturated heterocycles. The van der Waals surface area contributed by atoms with Gasteiger partial charge in [-0.3, -0.25) is 9.59 Å². The second kappa shape index (κ2) is 6.01. The minimum Gasteiger partial charge on any atom is -0.380 e. The molecule has 0 radical (unpaired) electrons. The SMILES string of the molecule is Cc1ccc(C(=O)N2CCN(C(=O)C3(O)CCCC3)CC2)s1. The van der Waals surface area contributed by atoms with Crippen molar-refractivity contribution in [3.05, 3.63) is 21.9 Å². The molecule has 0 spiro atoms. The smallest absolute Gasteiger partial charge is 0.264 e. The van der Waals surface area contributed by atoms with Gasteiger partial charge < -0.3 is 14.9 Å². The Morgan fingerprint density at radius 3 is 2.23 bits per heavy atom. The Bertz CT molecular complexity index is 570. The van der Waals surface area contributed by atoms with Gasteiger partial charge in [0.25, 0.3) is 11.8 Å². The molecule has 0 aromatic carbocycles. The van der Waals surface area contributed by atoms with Gasteiger partial charge in [-0.15, -0.1) is 11.3 Å². The quantitative estimate of drug-likeness (QED) is 0.900. The van der Waals surface area contributed by atoms with Gasteiger partial charge in [-0.1, -0.05) is 0 Å². The average molecular weight is 322 g/mol. The minimum absolute atomic E-state index is 0.0461. The van der Waals surface area contributed by atoms with Crippen LogP contribution in [0.2, 0.25) is 0 Å². The van der Waals surface area contributed by atoms with E-state index in [1.807, 2.05) is 19.1 Å². The summed E-state index contributed by atoms with van der Waals surface area (Å²) in [5.74, 6) is -0.103. The third-order valence-electron chi connectivity index (χ3n) is 4.63. The Labute approximate surface area is 134 Å². The molecule has 0 unspecified atom stereocenters. The summed E-state index contributed by atoms with van der Waals surface area (Å²) in [4.78, 5) is 30.2. The largest absolute Gasteiger partial charge is 0.380 e. The maximum Gasteiger partial charge on any atom is 0.264 e. The third kappa shape index (κ3) is 2.90. The van der Waals surface area contributed by atoms with Gasteiger partial charge in [0.15, 0.2) is 0 Å². The molecule has 1 N–H and O–H groups in total. The molecule has 2 fully saturated rings. The first-order valence-corrected chi connectivity index (χ1v) is 8.69. The zero-order valence-electron chi connectivity index (χ0n) is 12.9. The van der Waals surface area contributed by atoms with Crippen LogP contribution in [0.1, 0.15) is 40.2 Å². The summed E-state index contributed by atoms with van der Waals surface area (Å²) in [5.41, 5.74) is -1.16. The Hall–Kier alpha value is -1.40. The van der Waals surface area contributed by atoms with Crippen molar-refractivity contribution in [1.29, 1.82) is 0 Å². The van der Waals surface area contributed by atoms with E-state index < -0.39 is 5.60 Å². The van der Waals surface area contributed by atoms with E-state index in [1.54, 1.807) is 9.80 Å². The van der Waals surface area contributed by atoms with E-state index in [4.69, 9.17) is 0 Å². The Kier molecular flexibility index (Phi) is 4.23. The molecule has 2 amide bonds. The number of nitrogens with zero attached hydrogens (tertiary/aromatic N) is 2. The van der Waals surface area contributed by atoms with Crippen LogP contribution < -0.4 is 0 Å². The summed E-state index contributed by atoms with van der Waals surface area (Å²) in [6.07, 6.45) is 2.97. The number of carbonyl (C=O) groups excluding carboxylic acids is 2. The van der Waals surface area contributed by atoms with E-state index in [9.17, 15) is 14.7 Å². The summed E-state index contributed by atoms with van der Waals surface area (Å²) in [5, 5.41) is 10.4. The molecule has 1 aliphatic carbocycles. The van der Waals surface area contributed by atoms with Crippen LogP contribution in [-0.4, -0.2) is 58.5 Å². The van der Waals surface area contributed by atoms with Gasteiger partial charge in [0, 0.05) is 31.1 Å². The fourth-order valence-corrected chi connectivity index (χ4v) is 4.12. The topological polar surface area (TPSA) is 60.9 Å². The number of carbonyl (C=O) groups is 2. The van der Waals surface area contributed by atoms with Gasteiger partial charge in [-0.2, -0.15) is 0 Å². The lowest BCUT2D eigenvalue weighted by Gasteiger charge is -2.37. The average Bonchev–Trinajstić information content (AvgIpc) is 3.15. The molecule has 1 saturated carbocycles. The number of piperazine rings is 1. The lowest BCUT2D eigenvalue weighted by molar-refractivity contribution is -0.152. The number of hydrogen-bond donors (Lipinski definition) is 1. The van der Waals surface area contributed by atoms with Gasteiger partial charge in [-0.05, 0) is 44.7 Å². The van der Waals surface area contributed by atoms with Crippen LogP contribution in [0.25, 0.3) is 0 Å².